The molecule has 0 aliphatic heterocycles. The van der Waals surface area contributed by atoms with Crippen molar-refractivity contribution in [2.45, 2.75) is 17.5 Å². The fourth-order valence-electron chi connectivity index (χ4n) is 1.49. The van der Waals surface area contributed by atoms with E-state index in [-0.39, 0.29) is 6.54 Å². The molecule has 10 heteroatoms. The minimum Gasteiger partial charge on any atom is -0.480 e. The molecule has 1 aromatic carbocycles. The quantitative estimate of drug-likeness (QED) is 0.752. The van der Waals surface area contributed by atoms with Crippen LogP contribution in [0.15, 0.2) is 23.4 Å². The molecule has 1 heterocycles. The fraction of sp³-hybridized carbons (Fsp3) is 0.182. The molecule has 1 aromatic heterocycles. The van der Waals surface area contributed by atoms with Crippen molar-refractivity contribution < 1.29 is 14.7 Å². The maximum atomic E-state index is 11.0. The van der Waals surface area contributed by atoms with E-state index in [1.165, 1.54) is 22.5 Å². The number of tetrazole rings is 1. The largest absolute Gasteiger partial charge is 0.480 e. The number of aliphatic carboxylic acids is 1. The number of hydrogen-bond acceptors (Lipinski definition) is 6. The SMILES string of the molecule is NC(=O)c1ccc(CSc2nnnn2CC(=O)O)c(Cl)c1. The van der Waals surface area contributed by atoms with E-state index in [0.29, 0.717) is 21.5 Å². The Hall–Kier alpha value is -2.13. The van der Waals surface area contributed by atoms with Gasteiger partial charge in [-0.2, -0.15) is 0 Å². The van der Waals surface area contributed by atoms with E-state index in [1.54, 1.807) is 12.1 Å². The predicted octanol–water partition coefficient (Wildman–Crippen LogP) is 0.802. The minimum atomic E-state index is -1.03. The molecule has 0 atom stereocenters. The predicted molar refractivity (Wildman–Crippen MR) is 75.0 cm³/mol. The van der Waals surface area contributed by atoms with Crippen LogP contribution in [0.4, 0.5) is 0 Å². The van der Waals surface area contributed by atoms with Gasteiger partial charge in [0, 0.05) is 16.3 Å². The van der Waals surface area contributed by atoms with Crippen LogP contribution in [-0.2, 0) is 17.1 Å². The van der Waals surface area contributed by atoms with Gasteiger partial charge in [-0.15, -0.1) is 5.10 Å². The van der Waals surface area contributed by atoms with E-state index in [0.717, 1.165) is 5.56 Å². The Kier molecular flexibility index (Phi) is 4.76. The Labute approximate surface area is 128 Å². The summed E-state index contributed by atoms with van der Waals surface area (Å²) in [4.78, 5) is 21.7. The Morgan fingerprint density at radius 2 is 2.19 bits per heavy atom. The molecule has 2 aromatic rings. The summed E-state index contributed by atoms with van der Waals surface area (Å²) in [5.74, 6) is -1.16. The van der Waals surface area contributed by atoms with Crippen molar-refractivity contribution >= 4 is 35.2 Å². The normalized spacial score (nSPS) is 10.5. The van der Waals surface area contributed by atoms with Gasteiger partial charge in [-0.25, -0.2) is 4.68 Å². The van der Waals surface area contributed by atoms with E-state index in [1.807, 2.05) is 0 Å². The van der Waals surface area contributed by atoms with Crippen LogP contribution in [0, 0.1) is 0 Å². The number of carbonyl (C=O) groups is 2. The van der Waals surface area contributed by atoms with Crippen LogP contribution in [-0.4, -0.2) is 37.2 Å². The Bertz CT molecular complexity index is 690. The lowest BCUT2D eigenvalue weighted by Crippen LogP contribution is -2.11. The number of carboxylic acids is 1. The summed E-state index contributed by atoms with van der Waals surface area (Å²) in [6.45, 7) is -0.316. The van der Waals surface area contributed by atoms with Crippen LogP contribution in [0.3, 0.4) is 0 Å². The summed E-state index contributed by atoms with van der Waals surface area (Å²) < 4.78 is 1.18. The lowest BCUT2D eigenvalue weighted by atomic mass is 10.1. The van der Waals surface area contributed by atoms with Crippen molar-refractivity contribution in [1.82, 2.24) is 20.2 Å². The number of primary amides is 1. The van der Waals surface area contributed by atoms with Gasteiger partial charge in [0.15, 0.2) is 0 Å². The van der Waals surface area contributed by atoms with Crippen molar-refractivity contribution in [2.24, 2.45) is 5.73 Å². The van der Waals surface area contributed by atoms with Crippen LogP contribution < -0.4 is 5.73 Å². The number of benzene rings is 1. The van der Waals surface area contributed by atoms with E-state index >= 15 is 0 Å². The number of carbonyl (C=O) groups excluding carboxylic acids is 1. The Morgan fingerprint density at radius 1 is 1.43 bits per heavy atom. The summed E-state index contributed by atoms with van der Waals surface area (Å²) in [6.07, 6.45) is 0. The number of nitrogens with zero attached hydrogens (tertiary/aromatic N) is 4. The average molecular weight is 328 g/mol. The molecule has 0 bridgehead atoms. The molecule has 8 nitrogen and oxygen atoms in total. The van der Waals surface area contributed by atoms with E-state index in [4.69, 9.17) is 22.4 Å². The number of aromatic nitrogens is 4. The zero-order valence-corrected chi connectivity index (χ0v) is 12.1. The second-order valence-corrected chi connectivity index (χ2v) is 5.32. The van der Waals surface area contributed by atoms with Gasteiger partial charge in [-0.3, -0.25) is 9.59 Å². The number of thioether (sulfide) groups is 1. The maximum Gasteiger partial charge on any atom is 0.325 e. The molecular weight excluding hydrogens is 318 g/mol. The van der Waals surface area contributed by atoms with Crippen LogP contribution in [0.25, 0.3) is 0 Å². The molecule has 0 spiro atoms. The van der Waals surface area contributed by atoms with Gasteiger partial charge in [0.1, 0.15) is 6.54 Å². The second kappa shape index (κ2) is 6.55. The van der Waals surface area contributed by atoms with Crippen molar-refractivity contribution in [3.63, 3.8) is 0 Å². The third kappa shape index (κ3) is 3.92. The molecule has 1 amide bonds. The van der Waals surface area contributed by atoms with Gasteiger partial charge in [0.2, 0.25) is 11.1 Å². The number of amides is 1. The fourth-order valence-corrected chi connectivity index (χ4v) is 2.69. The highest BCUT2D eigenvalue weighted by Gasteiger charge is 2.12. The first-order valence-corrected chi connectivity index (χ1v) is 7.02. The molecule has 0 aliphatic rings. The van der Waals surface area contributed by atoms with Crippen LogP contribution >= 0.6 is 23.4 Å². The zero-order chi connectivity index (χ0) is 15.4. The van der Waals surface area contributed by atoms with Crippen molar-refractivity contribution in [1.29, 1.82) is 0 Å². The van der Waals surface area contributed by atoms with Crippen molar-refractivity contribution in [2.75, 3.05) is 0 Å². The highest BCUT2D eigenvalue weighted by atomic mass is 35.5. The van der Waals surface area contributed by atoms with Gasteiger partial charge in [-0.05, 0) is 28.1 Å². The first-order chi connectivity index (χ1) is 9.97. The lowest BCUT2D eigenvalue weighted by molar-refractivity contribution is -0.138. The molecule has 0 radical (unpaired) electrons. The molecule has 0 saturated heterocycles. The topological polar surface area (TPSA) is 124 Å². The molecule has 2 rings (SSSR count). The van der Waals surface area contributed by atoms with Gasteiger partial charge < -0.3 is 10.8 Å². The molecule has 21 heavy (non-hydrogen) atoms. The molecular formula is C11H10ClN5O3S. The van der Waals surface area contributed by atoms with Crippen LogP contribution in [0.1, 0.15) is 15.9 Å². The summed E-state index contributed by atoms with van der Waals surface area (Å²) in [6, 6.07) is 4.74. The van der Waals surface area contributed by atoms with Crippen LogP contribution in [0.5, 0.6) is 0 Å². The summed E-state index contributed by atoms with van der Waals surface area (Å²) >= 11 is 7.30. The summed E-state index contributed by atoms with van der Waals surface area (Å²) in [5, 5.41) is 20.3. The van der Waals surface area contributed by atoms with E-state index in [9.17, 15) is 9.59 Å². The van der Waals surface area contributed by atoms with Crippen molar-refractivity contribution in [3.05, 3.63) is 34.3 Å². The number of carboxylic acid groups (broad SMARTS) is 1. The zero-order valence-electron chi connectivity index (χ0n) is 10.6. The van der Waals surface area contributed by atoms with Gasteiger partial charge in [0.25, 0.3) is 0 Å². The first kappa shape index (κ1) is 15.3. The number of halogens is 1. The lowest BCUT2D eigenvalue weighted by Gasteiger charge is -2.05. The Balaban J connectivity index is 2.08. The number of nitrogens with two attached hydrogens (primary N) is 1. The summed E-state index contributed by atoms with van der Waals surface area (Å²) in [5.41, 5.74) is 6.25. The monoisotopic (exact) mass is 327 g/mol. The van der Waals surface area contributed by atoms with Crippen LogP contribution in [0.2, 0.25) is 5.02 Å². The Morgan fingerprint density at radius 3 is 2.81 bits per heavy atom. The number of hydrogen-bond donors (Lipinski definition) is 2. The van der Waals surface area contributed by atoms with Crippen molar-refractivity contribution in [3.8, 4) is 0 Å². The highest BCUT2D eigenvalue weighted by Crippen LogP contribution is 2.25. The molecule has 0 fully saturated rings. The molecule has 3 N–H and O–H groups in total. The standard InChI is InChI=1S/C11H10ClN5O3S/c12-8-3-6(10(13)20)1-2-7(8)5-21-11-14-15-16-17(11)4-9(18)19/h1-3H,4-5H2,(H2,13,20)(H,18,19). The highest BCUT2D eigenvalue weighted by molar-refractivity contribution is 7.98. The maximum absolute atomic E-state index is 11.0. The molecule has 0 unspecified atom stereocenters. The first-order valence-electron chi connectivity index (χ1n) is 5.66. The third-order valence-corrected chi connectivity index (χ3v) is 3.84. The third-order valence-electron chi connectivity index (χ3n) is 2.48. The van der Waals surface area contributed by atoms with E-state index in [2.05, 4.69) is 15.5 Å². The van der Waals surface area contributed by atoms with Gasteiger partial charge in [0.05, 0.1) is 0 Å². The summed E-state index contributed by atoms with van der Waals surface area (Å²) in [7, 11) is 0. The smallest absolute Gasteiger partial charge is 0.325 e. The van der Waals surface area contributed by atoms with Gasteiger partial charge >= 0.3 is 5.97 Å². The minimum absolute atomic E-state index is 0.316. The molecule has 110 valence electrons. The molecule has 0 aliphatic carbocycles. The van der Waals surface area contributed by atoms with Gasteiger partial charge in [-0.1, -0.05) is 29.4 Å². The molecule has 0 saturated carbocycles. The number of rotatable bonds is 6. The van der Waals surface area contributed by atoms with E-state index < -0.39 is 11.9 Å². The average Bonchev–Trinajstić information content (AvgIpc) is 2.83. The second-order valence-electron chi connectivity index (χ2n) is 3.97.